The second-order valence-corrected chi connectivity index (χ2v) is 3.83. The highest BCUT2D eigenvalue weighted by molar-refractivity contribution is 5.53. The Kier molecular flexibility index (Phi) is 5.71. The van der Waals surface area contributed by atoms with Crippen LogP contribution in [0, 0.1) is 10.1 Å². The SMILES string of the molecule is O=C(O)O.O=[N+]([O-])c1ccccc1Cc1ccccc1. The maximum absolute atomic E-state index is 10.8. The predicted octanol–water partition coefficient (Wildman–Crippen LogP) is 3.41. The van der Waals surface area contributed by atoms with Gasteiger partial charge in [0, 0.05) is 18.1 Å². The number of hydrogen-bond acceptors (Lipinski definition) is 3. The molecule has 6 heteroatoms. The molecule has 104 valence electrons. The van der Waals surface area contributed by atoms with Crippen LogP contribution in [-0.2, 0) is 6.42 Å². The molecule has 0 aliphatic carbocycles. The van der Waals surface area contributed by atoms with Crippen molar-refractivity contribution < 1.29 is 19.9 Å². The van der Waals surface area contributed by atoms with Gasteiger partial charge < -0.3 is 10.2 Å². The monoisotopic (exact) mass is 275 g/mol. The molecular weight excluding hydrogens is 262 g/mol. The highest BCUT2D eigenvalue weighted by Gasteiger charge is 2.11. The predicted molar refractivity (Wildman–Crippen MR) is 73.0 cm³/mol. The zero-order valence-electron chi connectivity index (χ0n) is 10.5. The van der Waals surface area contributed by atoms with E-state index in [0.717, 1.165) is 11.1 Å². The summed E-state index contributed by atoms with van der Waals surface area (Å²) in [5.41, 5.74) is 2.02. The number of nitrogens with zero attached hydrogens (tertiary/aromatic N) is 1. The van der Waals surface area contributed by atoms with Gasteiger partial charge in [0.2, 0.25) is 0 Å². The Morgan fingerprint density at radius 3 is 2.05 bits per heavy atom. The van der Waals surface area contributed by atoms with E-state index in [9.17, 15) is 10.1 Å². The van der Waals surface area contributed by atoms with Gasteiger partial charge in [-0.25, -0.2) is 4.79 Å². The molecule has 0 spiro atoms. The molecule has 2 N–H and O–H groups in total. The van der Waals surface area contributed by atoms with Gasteiger partial charge in [-0.1, -0.05) is 48.5 Å². The first-order valence-electron chi connectivity index (χ1n) is 5.69. The van der Waals surface area contributed by atoms with Crippen molar-refractivity contribution in [2.45, 2.75) is 6.42 Å². The van der Waals surface area contributed by atoms with Crippen LogP contribution in [0.3, 0.4) is 0 Å². The zero-order valence-corrected chi connectivity index (χ0v) is 10.5. The molecule has 0 atom stereocenters. The maximum atomic E-state index is 10.8. The summed E-state index contributed by atoms with van der Waals surface area (Å²) in [4.78, 5) is 19.0. The number of nitro benzene ring substituents is 1. The molecule has 0 bridgehead atoms. The smallest absolute Gasteiger partial charge is 0.450 e. The number of hydrogen-bond donors (Lipinski definition) is 2. The Bertz CT molecular complexity index is 579. The first-order valence-corrected chi connectivity index (χ1v) is 5.69. The summed E-state index contributed by atoms with van der Waals surface area (Å²) in [6.07, 6.45) is -1.24. The van der Waals surface area contributed by atoms with Crippen molar-refractivity contribution in [2.75, 3.05) is 0 Å². The molecule has 0 aliphatic rings. The molecule has 0 unspecified atom stereocenters. The Morgan fingerprint density at radius 2 is 1.50 bits per heavy atom. The molecule has 0 saturated carbocycles. The Hall–Kier alpha value is -2.89. The van der Waals surface area contributed by atoms with E-state index in [2.05, 4.69) is 0 Å². The number of para-hydroxylation sites is 1. The molecular formula is C14H13NO5. The summed E-state index contributed by atoms with van der Waals surface area (Å²) in [6, 6.07) is 16.6. The summed E-state index contributed by atoms with van der Waals surface area (Å²) in [5.74, 6) is 0. The lowest BCUT2D eigenvalue weighted by atomic mass is 10.0. The minimum absolute atomic E-state index is 0.186. The topological polar surface area (TPSA) is 101 Å². The van der Waals surface area contributed by atoms with Gasteiger partial charge in [-0.05, 0) is 5.56 Å². The van der Waals surface area contributed by atoms with E-state index in [1.165, 1.54) is 6.07 Å². The van der Waals surface area contributed by atoms with Gasteiger partial charge in [0.15, 0.2) is 0 Å². The molecule has 2 aromatic carbocycles. The average molecular weight is 275 g/mol. The fraction of sp³-hybridized carbons (Fsp3) is 0.0714. The van der Waals surface area contributed by atoms with Crippen LogP contribution in [0.2, 0.25) is 0 Å². The number of carboxylic acid groups (broad SMARTS) is 2. The number of benzene rings is 2. The molecule has 0 fully saturated rings. The van der Waals surface area contributed by atoms with Crippen molar-refractivity contribution in [1.82, 2.24) is 0 Å². The third-order valence-electron chi connectivity index (χ3n) is 2.43. The van der Waals surface area contributed by atoms with Crippen LogP contribution in [0.15, 0.2) is 54.6 Å². The van der Waals surface area contributed by atoms with E-state index >= 15 is 0 Å². The van der Waals surface area contributed by atoms with Crippen molar-refractivity contribution in [3.63, 3.8) is 0 Å². The van der Waals surface area contributed by atoms with Crippen molar-refractivity contribution >= 4 is 11.8 Å². The van der Waals surface area contributed by atoms with Crippen LogP contribution in [0.1, 0.15) is 11.1 Å². The standard InChI is InChI=1S/C13H11NO2.CH2O3/c15-14(16)13-9-5-4-8-12(13)10-11-6-2-1-3-7-11;2-1(3)4/h1-9H,10H2;(H2,2,3,4). The number of nitro groups is 1. The van der Waals surface area contributed by atoms with Gasteiger partial charge in [0.25, 0.3) is 5.69 Å². The molecule has 0 amide bonds. The maximum Gasteiger partial charge on any atom is 0.503 e. The van der Waals surface area contributed by atoms with Crippen LogP contribution in [0.4, 0.5) is 10.5 Å². The van der Waals surface area contributed by atoms with Crippen LogP contribution in [0.25, 0.3) is 0 Å². The molecule has 0 aromatic heterocycles. The third-order valence-corrected chi connectivity index (χ3v) is 2.43. The number of rotatable bonds is 3. The Balaban J connectivity index is 0.000000444. The average Bonchev–Trinajstić information content (AvgIpc) is 2.39. The zero-order chi connectivity index (χ0) is 15.0. The lowest BCUT2D eigenvalue weighted by molar-refractivity contribution is -0.385. The largest absolute Gasteiger partial charge is 0.503 e. The van der Waals surface area contributed by atoms with Gasteiger partial charge in [-0.3, -0.25) is 10.1 Å². The highest BCUT2D eigenvalue weighted by atomic mass is 16.6. The van der Waals surface area contributed by atoms with Crippen LogP contribution in [0.5, 0.6) is 0 Å². The normalized spacial score (nSPS) is 9.20. The Morgan fingerprint density at radius 1 is 1.00 bits per heavy atom. The molecule has 0 aliphatic heterocycles. The fourth-order valence-corrected chi connectivity index (χ4v) is 1.65. The second kappa shape index (κ2) is 7.52. The first kappa shape index (κ1) is 15.2. The summed E-state index contributed by atoms with van der Waals surface area (Å²) < 4.78 is 0. The lowest BCUT2D eigenvalue weighted by Gasteiger charge is -2.02. The van der Waals surface area contributed by atoms with Crippen molar-refractivity contribution in [2.24, 2.45) is 0 Å². The molecule has 0 heterocycles. The minimum Gasteiger partial charge on any atom is -0.450 e. The molecule has 2 rings (SSSR count). The van der Waals surface area contributed by atoms with Crippen molar-refractivity contribution in [1.29, 1.82) is 0 Å². The summed E-state index contributed by atoms with van der Waals surface area (Å²) in [7, 11) is 0. The summed E-state index contributed by atoms with van der Waals surface area (Å²) >= 11 is 0. The van der Waals surface area contributed by atoms with E-state index in [4.69, 9.17) is 15.0 Å². The third kappa shape index (κ3) is 5.18. The van der Waals surface area contributed by atoms with Gasteiger partial charge in [-0.2, -0.15) is 0 Å². The van der Waals surface area contributed by atoms with E-state index in [0.29, 0.717) is 6.42 Å². The van der Waals surface area contributed by atoms with Gasteiger partial charge >= 0.3 is 6.16 Å². The molecule has 0 saturated heterocycles. The quantitative estimate of drug-likeness (QED) is 0.660. The van der Waals surface area contributed by atoms with Crippen LogP contribution >= 0.6 is 0 Å². The molecule has 20 heavy (non-hydrogen) atoms. The first-order chi connectivity index (χ1) is 9.50. The summed E-state index contributed by atoms with van der Waals surface area (Å²) in [5, 5.41) is 24.8. The van der Waals surface area contributed by atoms with Gasteiger partial charge in [0.1, 0.15) is 0 Å². The molecule has 6 nitrogen and oxygen atoms in total. The van der Waals surface area contributed by atoms with Crippen LogP contribution in [-0.4, -0.2) is 21.3 Å². The van der Waals surface area contributed by atoms with E-state index in [1.54, 1.807) is 12.1 Å². The van der Waals surface area contributed by atoms with E-state index < -0.39 is 6.16 Å². The highest BCUT2D eigenvalue weighted by Crippen LogP contribution is 2.20. The lowest BCUT2D eigenvalue weighted by Crippen LogP contribution is -1.95. The van der Waals surface area contributed by atoms with Gasteiger partial charge in [0.05, 0.1) is 4.92 Å². The summed E-state index contributed by atoms with van der Waals surface area (Å²) in [6.45, 7) is 0. The van der Waals surface area contributed by atoms with Crippen molar-refractivity contribution in [3.8, 4) is 0 Å². The molecule has 2 aromatic rings. The second-order valence-electron chi connectivity index (χ2n) is 3.83. The van der Waals surface area contributed by atoms with Gasteiger partial charge in [-0.15, -0.1) is 0 Å². The van der Waals surface area contributed by atoms with E-state index in [1.807, 2.05) is 36.4 Å². The molecule has 0 radical (unpaired) electrons. The number of carbonyl (C=O) groups is 1. The Labute approximate surface area is 115 Å². The van der Waals surface area contributed by atoms with Crippen LogP contribution < -0.4 is 0 Å². The van der Waals surface area contributed by atoms with Crippen molar-refractivity contribution in [3.05, 3.63) is 75.8 Å². The van der Waals surface area contributed by atoms with E-state index in [-0.39, 0.29) is 10.6 Å². The fourth-order valence-electron chi connectivity index (χ4n) is 1.65. The minimum atomic E-state index is -1.83.